The van der Waals surface area contributed by atoms with Crippen molar-refractivity contribution in [2.75, 3.05) is 5.32 Å². The van der Waals surface area contributed by atoms with E-state index in [1.807, 2.05) is 29.5 Å². The molecule has 320 valence electrons. The van der Waals surface area contributed by atoms with E-state index in [4.69, 9.17) is 9.40 Å². The van der Waals surface area contributed by atoms with E-state index in [1.54, 1.807) is 0 Å². The lowest BCUT2D eigenvalue weighted by atomic mass is 9.59. The molecule has 0 amide bonds. The molecule has 1 aliphatic heterocycles. The molecule has 8 aromatic carbocycles. The molecule has 4 heterocycles. The molecule has 13 rings (SSSR count). The van der Waals surface area contributed by atoms with E-state index >= 15 is 0 Å². The average Bonchev–Trinajstić information content (AvgIpc) is 4.03. The van der Waals surface area contributed by atoms with Gasteiger partial charge in [-0.25, -0.2) is 4.98 Å². The van der Waals surface area contributed by atoms with E-state index in [-0.39, 0.29) is 16.2 Å². The second-order valence-electron chi connectivity index (χ2n) is 21.3. The minimum Gasteiger partial charge on any atom is -0.436 e. The number of nitrogens with one attached hydrogen (secondary N) is 1. The van der Waals surface area contributed by atoms with Crippen molar-refractivity contribution in [1.82, 2.24) is 9.55 Å². The molecule has 0 unspecified atom stereocenters. The summed E-state index contributed by atoms with van der Waals surface area (Å²) in [6.45, 7) is 18.5. The number of rotatable bonds is 4. The maximum atomic E-state index is 6.60. The summed E-state index contributed by atoms with van der Waals surface area (Å²) >= 11 is 1.89. The highest BCUT2D eigenvalue weighted by Crippen LogP contribution is 2.52. The van der Waals surface area contributed by atoms with Crippen LogP contribution in [0.25, 0.3) is 92.5 Å². The maximum Gasteiger partial charge on any atom is 0.227 e. The average molecular weight is 872 g/mol. The third kappa shape index (κ3) is 5.80. The lowest BCUT2D eigenvalue weighted by Crippen LogP contribution is -2.37. The Morgan fingerprint density at radius 1 is 0.606 bits per heavy atom. The van der Waals surface area contributed by atoms with E-state index in [0.29, 0.717) is 5.89 Å². The summed E-state index contributed by atoms with van der Waals surface area (Å²) in [6.07, 6.45) is 0. The number of fused-ring (bicyclic) bond motifs is 12. The van der Waals surface area contributed by atoms with Gasteiger partial charge in [-0.1, -0.05) is 140 Å². The predicted molar refractivity (Wildman–Crippen MR) is 283 cm³/mol. The zero-order valence-electron chi connectivity index (χ0n) is 38.8. The Morgan fingerprint density at radius 2 is 1.32 bits per heavy atom. The Labute approximate surface area is 390 Å². The first-order valence-electron chi connectivity index (χ1n) is 23.3. The van der Waals surface area contributed by atoms with Gasteiger partial charge in [-0.15, -0.1) is 11.3 Å². The summed E-state index contributed by atoms with van der Waals surface area (Å²) in [5, 5.41) is 9.10. The SMILES string of the molecule is CC(C)(C)c1ccc(Nc2cc3sc4cc(C(C)(C)C)ccc4c3cc2-c2ccc3c4cc5c(cc4n4c3c2Bc2cc3nc(-c6ccccc6)oc3cc2-4)C(C)(C)c2ccccc2-5)cc1. The molecule has 0 bridgehead atoms. The summed E-state index contributed by atoms with van der Waals surface area (Å²) in [5.41, 5.74) is 21.5. The van der Waals surface area contributed by atoms with E-state index in [1.165, 1.54) is 97.4 Å². The quantitative estimate of drug-likeness (QED) is 0.179. The molecule has 0 saturated carbocycles. The van der Waals surface area contributed by atoms with Crippen molar-refractivity contribution in [1.29, 1.82) is 0 Å². The first kappa shape index (κ1) is 39.5. The molecular formula is C60H50BN3OS. The molecule has 0 saturated heterocycles. The lowest BCUT2D eigenvalue weighted by Gasteiger charge is -2.24. The molecule has 2 aliphatic rings. The van der Waals surface area contributed by atoms with Crippen LogP contribution >= 0.6 is 11.3 Å². The van der Waals surface area contributed by atoms with Gasteiger partial charge in [0.15, 0.2) is 12.9 Å². The minimum atomic E-state index is -0.139. The van der Waals surface area contributed by atoms with Gasteiger partial charge < -0.3 is 14.3 Å². The number of anilines is 2. The second kappa shape index (κ2) is 13.6. The van der Waals surface area contributed by atoms with Crippen LogP contribution in [0.3, 0.4) is 0 Å². The molecule has 3 aromatic heterocycles. The maximum absolute atomic E-state index is 6.60. The highest BCUT2D eigenvalue weighted by molar-refractivity contribution is 7.25. The summed E-state index contributed by atoms with van der Waals surface area (Å²) in [4.78, 5) is 5.09. The molecule has 0 radical (unpaired) electrons. The number of benzene rings is 8. The molecule has 6 heteroatoms. The van der Waals surface area contributed by atoms with E-state index in [2.05, 4.69) is 193 Å². The van der Waals surface area contributed by atoms with Crippen LogP contribution in [0.5, 0.6) is 0 Å². The van der Waals surface area contributed by atoms with Gasteiger partial charge in [0, 0.05) is 76.1 Å². The lowest BCUT2D eigenvalue weighted by molar-refractivity contribution is 0.590. The molecule has 0 spiro atoms. The molecular weight excluding hydrogens is 822 g/mol. The van der Waals surface area contributed by atoms with Gasteiger partial charge in [0.05, 0.1) is 5.52 Å². The third-order valence-corrected chi connectivity index (χ3v) is 15.9. The van der Waals surface area contributed by atoms with Gasteiger partial charge in [-0.2, -0.15) is 0 Å². The van der Waals surface area contributed by atoms with Gasteiger partial charge >= 0.3 is 0 Å². The molecule has 0 atom stereocenters. The van der Waals surface area contributed by atoms with Crippen molar-refractivity contribution in [3.05, 3.63) is 168 Å². The van der Waals surface area contributed by atoms with Crippen LogP contribution in [0.1, 0.15) is 77.6 Å². The van der Waals surface area contributed by atoms with Gasteiger partial charge in [0.1, 0.15) is 5.52 Å². The van der Waals surface area contributed by atoms with E-state index in [9.17, 15) is 0 Å². The van der Waals surface area contributed by atoms with Crippen molar-refractivity contribution < 1.29 is 4.42 Å². The van der Waals surface area contributed by atoms with E-state index in [0.717, 1.165) is 41.0 Å². The number of thiophene rings is 1. The highest BCUT2D eigenvalue weighted by Gasteiger charge is 2.37. The molecule has 66 heavy (non-hydrogen) atoms. The van der Waals surface area contributed by atoms with Crippen molar-refractivity contribution in [3.63, 3.8) is 0 Å². The number of nitrogens with zero attached hydrogens (tertiary/aromatic N) is 2. The zero-order chi connectivity index (χ0) is 45.0. The first-order chi connectivity index (χ1) is 31.7. The van der Waals surface area contributed by atoms with E-state index < -0.39 is 0 Å². The largest absolute Gasteiger partial charge is 0.436 e. The molecule has 11 aromatic rings. The van der Waals surface area contributed by atoms with Gasteiger partial charge in [0.2, 0.25) is 5.89 Å². The van der Waals surface area contributed by atoms with Crippen LogP contribution in [0.2, 0.25) is 0 Å². The Hall–Kier alpha value is -6.89. The monoisotopic (exact) mass is 871 g/mol. The fourth-order valence-corrected chi connectivity index (χ4v) is 12.3. The van der Waals surface area contributed by atoms with Crippen LogP contribution < -0.4 is 16.2 Å². The number of oxazole rings is 1. The fraction of sp³-hybridized carbons (Fsp3) is 0.183. The number of hydrogen-bond acceptors (Lipinski definition) is 4. The summed E-state index contributed by atoms with van der Waals surface area (Å²) in [6, 6.07) is 54.5. The summed E-state index contributed by atoms with van der Waals surface area (Å²) in [7, 11) is 0.757. The van der Waals surface area contributed by atoms with Crippen LogP contribution in [-0.2, 0) is 16.2 Å². The van der Waals surface area contributed by atoms with Crippen molar-refractivity contribution in [3.8, 4) is 39.4 Å². The second-order valence-corrected chi connectivity index (χ2v) is 22.4. The predicted octanol–water partition coefficient (Wildman–Crippen LogP) is 15.0. The van der Waals surface area contributed by atoms with Crippen LogP contribution in [0, 0.1) is 0 Å². The smallest absolute Gasteiger partial charge is 0.227 e. The summed E-state index contributed by atoms with van der Waals surface area (Å²) < 4.78 is 11.8. The zero-order valence-corrected chi connectivity index (χ0v) is 39.6. The Morgan fingerprint density at radius 3 is 2.11 bits per heavy atom. The van der Waals surface area contributed by atoms with Crippen molar-refractivity contribution >= 4 is 94.0 Å². The van der Waals surface area contributed by atoms with Gasteiger partial charge in [-0.05, 0) is 116 Å². The molecule has 1 N–H and O–H groups in total. The first-order valence-corrected chi connectivity index (χ1v) is 24.1. The minimum absolute atomic E-state index is 0.0637. The standard InChI is InChI=1S/C60H50BN3OS/c1-58(2,3)34-18-21-36(22-19-34)62-48-31-54-44(38-23-20-35(59(4,5)6)26-53(38)66-54)28-42(48)39-24-25-40-43-27-41-37-16-12-13-17-45(37)60(7,8)46(41)29-50(43)64-51-32-52-49(30-47(51)61-55(39)56(40)64)63-57(65-52)33-14-10-9-11-15-33/h9-32,61-62H,1-8H3. The normalized spacial score (nSPS) is 14.0. The Balaban J connectivity index is 1.09. The molecule has 4 nitrogen and oxygen atoms in total. The van der Waals surface area contributed by atoms with Gasteiger partial charge in [0.25, 0.3) is 0 Å². The molecule has 1 aliphatic carbocycles. The Bertz CT molecular complexity index is 3850. The Kier molecular flexibility index (Phi) is 8.13. The van der Waals surface area contributed by atoms with Crippen LogP contribution in [0.4, 0.5) is 11.4 Å². The highest BCUT2D eigenvalue weighted by atomic mass is 32.1. The molecule has 0 fully saturated rings. The third-order valence-electron chi connectivity index (χ3n) is 14.8. The summed E-state index contributed by atoms with van der Waals surface area (Å²) in [5.74, 6) is 0.642. The van der Waals surface area contributed by atoms with Crippen LogP contribution in [-0.4, -0.2) is 16.8 Å². The number of hydrogen-bond donors (Lipinski definition) is 1. The van der Waals surface area contributed by atoms with Crippen molar-refractivity contribution in [2.45, 2.75) is 71.6 Å². The van der Waals surface area contributed by atoms with Crippen molar-refractivity contribution in [2.24, 2.45) is 0 Å². The topological polar surface area (TPSA) is 43.0 Å². The van der Waals surface area contributed by atoms with Gasteiger partial charge in [-0.3, -0.25) is 0 Å². The number of aromatic nitrogens is 2. The fourth-order valence-electron chi connectivity index (χ4n) is 11.1. The van der Waals surface area contributed by atoms with Crippen LogP contribution in [0.15, 0.2) is 150 Å².